The highest BCUT2D eigenvalue weighted by Crippen LogP contribution is 2.25. The Balaban J connectivity index is 1.94. The van der Waals surface area contributed by atoms with Crippen molar-refractivity contribution in [1.29, 1.82) is 0 Å². The summed E-state index contributed by atoms with van der Waals surface area (Å²) in [7, 11) is 0. The second-order valence-electron chi connectivity index (χ2n) is 4.09. The molecule has 0 radical (unpaired) electrons. The molecule has 0 aliphatic heterocycles. The second kappa shape index (κ2) is 5.27. The molecule has 0 N–H and O–H groups in total. The summed E-state index contributed by atoms with van der Waals surface area (Å²) in [5, 5.41) is 2.03. The number of rotatable bonds is 3. The summed E-state index contributed by atoms with van der Waals surface area (Å²) < 4.78 is 15.9. The Hall–Kier alpha value is -1.46. The first-order valence-electron chi connectivity index (χ1n) is 5.73. The highest BCUT2D eigenvalue weighted by molar-refractivity contribution is 9.10. The van der Waals surface area contributed by atoms with Crippen molar-refractivity contribution in [1.82, 2.24) is 9.55 Å². The maximum Gasteiger partial charge on any atom is 0.150 e. The van der Waals surface area contributed by atoms with Crippen LogP contribution in [0, 0.1) is 5.82 Å². The number of nitrogens with zero attached hydrogens (tertiary/aromatic N) is 2. The van der Waals surface area contributed by atoms with Crippen LogP contribution in [0.1, 0.15) is 5.56 Å². The molecule has 0 unspecified atom stereocenters. The zero-order chi connectivity index (χ0) is 13.2. The number of imidazole rings is 1. The summed E-state index contributed by atoms with van der Waals surface area (Å²) in [6.45, 7) is 0.661. The van der Waals surface area contributed by atoms with Gasteiger partial charge in [-0.05, 0) is 29.1 Å². The second-order valence-corrected chi connectivity index (χ2v) is 5.89. The van der Waals surface area contributed by atoms with E-state index in [1.54, 1.807) is 23.6 Å². The molecule has 0 atom stereocenters. The highest BCUT2D eigenvalue weighted by Gasteiger charge is 2.09. The van der Waals surface area contributed by atoms with Gasteiger partial charge >= 0.3 is 0 Å². The average Bonchev–Trinajstić information content (AvgIpc) is 3.03. The fourth-order valence-electron chi connectivity index (χ4n) is 1.90. The molecule has 2 heterocycles. The molecular formula is C14H10BrFN2S. The fourth-order valence-corrected chi connectivity index (χ4v) is 3.11. The number of hydrogen-bond acceptors (Lipinski definition) is 2. The van der Waals surface area contributed by atoms with Crippen molar-refractivity contribution >= 4 is 27.3 Å². The van der Waals surface area contributed by atoms with Gasteiger partial charge in [0, 0.05) is 16.9 Å². The summed E-state index contributed by atoms with van der Waals surface area (Å²) in [5.41, 5.74) is 1.03. The van der Waals surface area contributed by atoms with Crippen molar-refractivity contribution in [2.24, 2.45) is 0 Å². The van der Waals surface area contributed by atoms with Crippen LogP contribution >= 0.6 is 27.3 Å². The van der Waals surface area contributed by atoms with Crippen LogP contribution in [0.3, 0.4) is 0 Å². The maximum absolute atomic E-state index is 13.1. The Morgan fingerprint density at radius 1 is 1.32 bits per heavy atom. The third-order valence-electron chi connectivity index (χ3n) is 2.81. The first kappa shape index (κ1) is 12.6. The molecule has 2 aromatic heterocycles. The van der Waals surface area contributed by atoms with Crippen LogP contribution in [0.5, 0.6) is 0 Å². The predicted octanol–water partition coefficient (Wildman–Crippen LogP) is 4.56. The minimum atomic E-state index is -0.236. The largest absolute Gasteiger partial charge is 0.326 e. The quantitative estimate of drug-likeness (QED) is 0.685. The van der Waals surface area contributed by atoms with E-state index < -0.39 is 0 Å². The Morgan fingerprint density at radius 3 is 2.95 bits per heavy atom. The number of thiophene rings is 1. The molecule has 0 fully saturated rings. The molecule has 19 heavy (non-hydrogen) atoms. The normalized spacial score (nSPS) is 10.8. The molecule has 0 saturated carbocycles. The van der Waals surface area contributed by atoms with Gasteiger partial charge in [0.15, 0.2) is 0 Å². The van der Waals surface area contributed by atoms with Gasteiger partial charge in [-0.15, -0.1) is 11.3 Å². The van der Waals surface area contributed by atoms with Crippen LogP contribution in [0.15, 0.2) is 52.6 Å². The average molecular weight is 337 g/mol. The Kier molecular flexibility index (Phi) is 3.48. The van der Waals surface area contributed by atoms with E-state index in [1.807, 2.05) is 23.7 Å². The number of halogens is 2. The lowest BCUT2D eigenvalue weighted by molar-refractivity contribution is 0.625. The first-order valence-corrected chi connectivity index (χ1v) is 7.40. The zero-order valence-electron chi connectivity index (χ0n) is 9.88. The maximum atomic E-state index is 13.1. The summed E-state index contributed by atoms with van der Waals surface area (Å²) in [5.74, 6) is 0.700. The first-order chi connectivity index (χ1) is 9.24. The molecule has 0 aliphatic carbocycles. The molecule has 1 aromatic carbocycles. The molecule has 0 amide bonds. The molecule has 0 spiro atoms. The Morgan fingerprint density at radius 2 is 2.21 bits per heavy atom. The fraction of sp³-hybridized carbons (Fsp3) is 0.0714. The van der Waals surface area contributed by atoms with E-state index in [9.17, 15) is 4.39 Å². The smallest absolute Gasteiger partial charge is 0.150 e. The van der Waals surface area contributed by atoms with Gasteiger partial charge in [0.1, 0.15) is 11.6 Å². The third-order valence-corrected chi connectivity index (χ3v) is 4.42. The van der Waals surface area contributed by atoms with Gasteiger partial charge in [-0.1, -0.05) is 28.1 Å². The van der Waals surface area contributed by atoms with Gasteiger partial charge in [-0.2, -0.15) is 0 Å². The molecule has 0 saturated heterocycles. The number of benzene rings is 1. The SMILES string of the molecule is Fc1ccc(Cn2ccnc2-c2cccs2)c(Br)c1. The van der Waals surface area contributed by atoms with Crippen LogP contribution in [0.4, 0.5) is 4.39 Å². The highest BCUT2D eigenvalue weighted by atomic mass is 79.9. The molecule has 2 nitrogen and oxygen atoms in total. The van der Waals surface area contributed by atoms with Crippen LogP contribution in [0.25, 0.3) is 10.7 Å². The van der Waals surface area contributed by atoms with Gasteiger partial charge in [0.2, 0.25) is 0 Å². The molecule has 96 valence electrons. The summed E-state index contributed by atoms with van der Waals surface area (Å²) >= 11 is 5.05. The Labute approximate surface area is 122 Å². The van der Waals surface area contributed by atoms with E-state index in [1.165, 1.54) is 12.1 Å². The minimum absolute atomic E-state index is 0.236. The van der Waals surface area contributed by atoms with Crippen molar-refractivity contribution in [3.05, 3.63) is 64.0 Å². The van der Waals surface area contributed by atoms with Crippen molar-refractivity contribution in [3.8, 4) is 10.7 Å². The molecule has 5 heteroatoms. The number of aromatic nitrogens is 2. The topological polar surface area (TPSA) is 17.8 Å². The van der Waals surface area contributed by atoms with E-state index in [-0.39, 0.29) is 5.82 Å². The molecule has 3 aromatic rings. The predicted molar refractivity (Wildman–Crippen MR) is 78.7 cm³/mol. The van der Waals surface area contributed by atoms with E-state index in [0.717, 1.165) is 20.7 Å². The molecule has 3 rings (SSSR count). The van der Waals surface area contributed by atoms with E-state index in [2.05, 4.69) is 25.5 Å². The Bertz CT molecular complexity index is 691. The van der Waals surface area contributed by atoms with Crippen LogP contribution in [0.2, 0.25) is 0 Å². The lowest BCUT2D eigenvalue weighted by Gasteiger charge is -2.08. The van der Waals surface area contributed by atoms with Crippen molar-refractivity contribution in [3.63, 3.8) is 0 Å². The lowest BCUT2D eigenvalue weighted by Crippen LogP contribution is -2.01. The van der Waals surface area contributed by atoms with Crippen LogP contribution in [-0.2, 0) is 6.54 Å². The van der Waals surface area contributed by atoms with Gasteiger partial charge in [-0.25, -0.2) is 9.37 Å². The molecule has 0 bridgehead atoms. The van der Waals surface area contributed by atoms with Crippen molar-refractivity contribution < 1.29 is 4.39 Å². The molecule has 0 aliphatic rings. The monoisotopic (exact) mass is 336 g/mol. The van der Waals surface area contributed by atoms with Gasteiger partial charge < -0.3 is 4.57 Å². The van der Waals surface area contributed by atoms with Gasteiger partial charge in [-0.3, -0.25) is 0 Å². The summed E-state index contributed by atoms with van der Waals surface area (Å²) in [4.78, 5) is 5.51. The van der Waals surface area contributed by atoms with Gasteiger partial charge in [0.05, 0.1) is 11.4 Å². The number of hydrogen-bond donors (Lipinski definition) is 0. The molecular weight excluding hydrogens is 327 g/mol. The standard InChI is InChI=1S/C14H10BrFN2S/c15-12-8-11(16)4-3-10(12)9-18-6-5-17-14(18)13-2-1-7-19-13/h1-8H,9H2. The van der Waals surface area contributed by atoms with E-state index >= 15 is 0 Å². The minimum Gasteiger partial charge on any atom is -0.326 e. The summed E-state index contributed by atoms with van der Waals surface area (Å²) in [6.07, 6.45) is 3.72. The van der Waals surface area contributed by atoms with E-state index in [0.29, 0.717) is 6.54 Å². The van der Waals surface area contributed by atoms with Crippen molar-refractivity contribution in [2.45, 2.75) is 6.54 Å². The van der Waals surface area contributed by atoms with Crippen LogP contribution in [-0.4, -0.2) is 9.55 Å². The van der Waals surface area contributed by atoms with Crippen LogP contribution < -0.4 is 0 Å². The lowest BCUT2D eigenvalue weighted by atomic mass is 10.2. The third kappa shape index (κ3) is 2.62. The van der Waals surface area contributed by atoms with Crippen molar-refractivity contribution in [2.75, 3.05) is 0 Å². The van der Waals surface area contributed by atoms with Gasteiger partial charge in [0.25, 0.3) is 0 Å². The van der Waals surface area contributed by atoms with E-state index in [4.69, 9.17) is 0 Å². The zero-order valence-corrected chi connectivity index (χ0v) is 12.3. The summed E-state index contributed by atoms with van der Waals surface area (Å²) in [6, 6.07) is 8.80.